The summed E-state index contributed by atoms with van der Waals surface area (Å²) in [5, 5.41) is 0. The molecule has 2 aliphatic heterocycles. The number of benzene rings is 3. The molecule has 2 aliphatic rings. The van der Waals surface area contributed by atoms with E-state index in [1.54, 1.807) is 24.3 Å². The first-order valence-corrected chi connectivity index (χ1v) is 12.0. The monoisotopic (exact) mass is 473 g/mol. The highest BCUT2D eigenvalue weighted by atomic mass is 19.1. The third-order valence-corrected chi connectivity index (χ3v) is 6.64. The fourth-order valence-corrected chi connectivity index (χ4v) is 4.84. The van der Waals surface area contributed by atoms with Gasteiger partial charge in [0.15, 0.2) is 0 Å². The van der Waals surface area contributed by atoms with Crippen LogP contribution >= 0.6 is 0 Å². The van der Waals surface area contributed by atoms with Crippen LogP contribution < -0.4 is 9.64 Å². The average Bonchev–Trinajstić information content (AvgIpc) is 3.12. The minimum Gasteiger partial charge on any atom is -0.494 e. The van der Waals surface area contributed by atoms with E-state index in [9.17, 15) is 14.0 Å². The lowest BCUT2D eigenvalue weighted by Crippen LogP contribution is -2.46. The number of piperazine rings is 1. The molecule has 0 bridgehead atoms. The topological polar surface area (TPSA) is 53.1 Å². The molecule has 0 radical (unpaired) electrons. The summed E-state index contributed by atoms with van der Waals surface area (Å²) in [6, 6.07) is 19.7. The normalized spacial score (nSPS) is 16.1. The van der Waals surface area contributed by atoms with Crippen LogP contribution in [-0.2, 0) is 13.1 Å². The first kappa shape index (κ1) is 23.1. The number of rotatable bonds is 7. The van der Waals surface area contributed by atoms with E-state index in [-0.39, 0.29) is 18.4 Å². The fraction of sp³-hybridized carbons (Fsp3) is 0.286. The van der Waals surface area contributed by atoms with E-state index in [2.05, 4.69) is 15.9 Å². The van der Waals surface area contributed by atoms with E-state index in [0.717, 1.165) is 54.6 Å². The molecule has 7 heteroatoms. The van der Waals surface area contributed by atoms with Crippen LogP contribution in [0.5, 0.6) is 5.75 Å². The molecule has 0 spiro atoms. The third-order valence-electron chi connectivity index (χ3n) is 6.64. The molecule has 35 heavy (non-hydrogen) atoms. The quantitative estimate of drug-likeness (QED) is 0.478. The molecular weight excluding hydrogens is 445 g/mol. The van der Waals surface area contributed by atoms with Gasteiger partial charge in [-0.1, -0.05) is 42.5 Å². The summed E-state index contributed by atoms with van der Waals surface area (Å²) >= 11 is 0. The first-order valence-electron chi connectivity index (χ1n) is 12.0. The van der Waals surface area contributed by atoms with Gasteiger partial charge in [0.2, 0.25) is 0 Å². The summed E-state index contributed by atoms with van der Waals surface area (Å²) < 4.78 is 20.0. The van der Waals surface area contributed by atoms with Crippen molar-refractivity contribution in [1.82, 2.24) is 9.80 Å². The first-order chi connectivity index (χ1) is 17.1. The summed E-state index contributed by atoms with van der Waals surface area (Å²) in [5.74, 6) is -0.248. The number of nitrogens with zero attached hydrogens (tertiary/aromatic N) is 3. The van der Waals surface area contributed by atoms with E-state index >= 15 is 0 Å². The predicted molar refractivity (Wildman–Crippen MR) is 132 cm³/mol. The van der Waals surface area contributed by atoms with Gasteiger partial charge in [-0.2, -0.15) is 0 Å². The number of imide groups is 1. The highest BCUT2D eigenvalue weighted by molar-refractivity contribution is 6.23. The summed E-state index contributed by atoms with van der Waals surface area (Å²) in [6.07, 6.45) is 0. The zero-order valence-electron chi connectivity index (χ0n) is 19.7. The number of halogens is 1. The number of carbonyl (C=O) groups excluding carboxylic acids is 2. The molecule has 1 saturated heterocycles. The summed E-state index contributed by atoms with van der Waals surface area (Å²) in [7, 11) is 0. The Balaban J connectivity index is 1.30. The average molecular weight is 474 g/mol. The van der Waals surface area contributed by atoms with Gasteiger partial charge in [0, 0.05) is 43.9 Å². The second kappa shape index (κ2) is 9.88. The van der Waals surface area contributed by atoms with E-state index in [1.807, 2.05) is 37.3 Å². The van der Waals surface area contributed by atoms with Gasteiger partial charge in [-0.15, -0.1) is 0 Å². The van der Waals surface area contributed by atoms with Crippen LogP contribution in [0.1, 0.15) is 38.8 Å². The molecule has 0 saturated carbocycles. The van der Waals surface area contributed by atoms with Crippen LogP contribution in [0.2, 0.25) is 0 Å². The van der Waals surface area contributed by atoms with Crippen LogP contribution in [0.3, 0.4) is 0 Å². The zero-order chi connectivity index (χ0) is 24.4. The van der Waals surface area contributed by atoms with E-state index < -0.39 is 5.82 Å². The van der Waals surface area contributed by atoms with Crippen molar-refractivity contribution in [2.45, 2.75) is 20.0 Å². The third kappa shape index (κ3) is 4.51. The van der Waals surface area contributed by atoms with Gasteiger partial charge < -0.3 is 9.64 Å². The lowest BCUT2D eigenvalue weighted by atomic mass is 10.1. The maximum absolute atomic E-state index is 14.2. The summed E-state index contributed by atoms with van der Waals surface area (Å²) in [6.45, 7) is 6.46. The number of para-hydroxylation sites is 1. The lowest BCUT2D eigenvalue weighted by Gasteiger charge is -2.37. The Morgan fingerprint density at radius 1 is 0.800 bits per heavy atom. The van der Waals surface area contributed by atoms with Gasteiger partial charge >= 0.3 is 0 Å². The van der Waals surface area contributed by atoms with Crippen LogP contribution in [-0.4, -0.2) is 54.4 Å². The van der Waals surface area contributed by atoms with Crippen molar-refractivity contribution in [3.63, 3.8) is 0 Å². The summed E-state index contributed by atoms with van der Waals surface area (Å²) in [5.41, 5.74) is 3.06. The standard InChI is InChI=1S/C28H28FN3O3/c1-2-35-25-13-6-4-9-21(25)18-30-14-16-31(17-15-30)24-12-7-10-22-26(24)28(34)32(27(22)33)19-20-8-3-5-11-23(20)29/h3-13H,2,14-19H2,1H3. The number of hydrogen-bond donors (Lipinski definition) is 0. The molecule has 5 rings (SSSR count). The SMILES string of the molecule is CCOc1ccccc1CN1CCN(c2cccc3c2C(=O)N(Cc2ccccc2F)C3=O)CC1. The largest absolute Gasteiger partial charge is 0.494 e. The Bertz CT molecular complexity index is 1250. The van der Waals surface area contributed by atoms with Crippen LogP contribution in [0, 0.1) is 5.82 Å². The molecule has 6 nitrogen and oxygen atoms in total. The van der Waals surface area contributed by atoms with Gasteiger partial charge in [0.1, 0.15) is 11.6 Å². The minimum atomic E-state index is -0.425. The molecule has 0 aliphatic carbocycles. The predicted octanol–water partition coefficient (Wildman–Crippen LogP) is 4.34. The van der Waals surface area contributed by atoms with Crippen LogP contribution in [0.4, 0.5) is 10.1 Å². The van der Waals surface area contributed by atoms with Gasteiger partial charge in [-0.3, -0.25) is 19.4 Å². The molecule has 0 N–H and O–H groups in total. The number of hydrogen-bond acceptors (Lipinski definition) is 5. The molecule has 1 fully saturated rings. The van der Waals surface area contributed by atoms with E-state index in [4.69, 9.17) is 4.74 Å². The van der Waals surface area contributed by atoms with Crippen molar-refractivity contribution in [2.24, 2.45) is 0 Å². The maximum Gasteiger partial charge on any atom is 0.263 e. The van der Waals surface area contributed by atoms with Crippen molar-refractivity contribution in [2.75, 3.05) is 37.7 Å². The minimum absolute atomic E-state index is 0.0779. The van der Waals surface area contributed by atoms with Gasteiger partial charge in [-0.25, -0.2) is 4.39 Å². The number of anilines is 1. The Hall–Kier alpha value is -3.71. The van der Waals surface area contributed by atoms with Crippen LogP contribution in [0.15, 0.2) is 66.7 Å². The highest BCUT2D eigenvalue weighted by Gasteiger charge is 2.39. The zero-order valence-corrected chi connectivity index (χ0v) is 19.7. The van der Waals surface area contributed by atoms with Crippen molar-refractivity contribution in [3.8, 4) is 5.75 Å². The Morgan fingerprint density at radius 3 is 2.26 bits per heavy atom. The van der Waals surface area contributed by atoms with E-state index in [0.29, 0.717) is 23.3 Å². The molecule has 180 valence electrons. The molecular formula is C28H28FN3O3. The lowest BCUT2D eigenvalue weighted by molar-refractivity contribution is 0.0641. The molecule has 3 aromatic carbocycles. The van der Waals surface area contributed by atoms with Crippen molar-refractivity contribution >= 4 is 17.5 Å². The number of fused-ring (bicyclic) bond motifs is 1. The smallest absolute Gasteiger partial charge is 0.263 e. The van der Waals surface area contributed by atoms with Crippen molar-refractivity contribution in [1.29, 1.82) is 0 Å². The molecule has 2 amide bonds. The highest BCUT2D eigenvalue weighted by Crippen LogP contribution is 2.33. The van der Waals surface area contributed by atoms with Crippen molar-refractivity contribution in [3.05, 3.63) is 94.8 Å². The molecule has 3 aromatic rings. The van der Waals surface area contributed by atoms with E-state index in [1.165, 1.54) is 6.07 Å². The summed E-state index contributed by atoms with van der Waals surface area (Å²) in [4.78, 5) is 32.0. The number of ether oxygens (including phenoxy) is 1. The Labute approximate surface area is 204 Å². The van der Waals surface area contributed by atoms with Gasteiger partial charge in [0.25, 0.3) is 11.8 Å². The number of amides is 2. The molecule has 0 unspecified atom stereocenters. The Morgan fingerprint density at radius 2 is 1.51 bits per heavy atom. The van der Waals surface area contributed by atoms with Crippen molar-refractivity contribution < 1.29 is 18.7 Å². The Kier molecular flexibility index (Phi) is 6.51. The molecule has 0 atom stereocenters. The second-order valence-corrected chi connectivity index (χ2v) is 8.79. The van der Waals surface area contributed by atoms with Gasteiger partial charge in [0.05, 0.1) is 30.0 Å². The van der Waals surface area contributed by atoms with Gasteiger partial charge in [-0.05, 0) is 31.2 Å². The van der Waals surface area contributed by atoms with Crippen LogP contribution in [0.25, 0.3) is 0 Å². The molecule has 2 heterocycles. The maximum atomic E-state index is 14.2. The number of carbonyl (C=O) groups is 2. The fourth-order valence-electron chi connectivity index (χ4n) is 4.84. The second-order valence-electron chi connectivity index (χ2n) is 8.79. The molecule has 0 aromatic heterocycles.